The van der Waals surface area contributed by atoms with Crippen LogP contribution in [0.2, 0.25) is 0 Å². The monoisotopic (exact) mass is 681 g/mol. The van der Waals surface area contributed by atoms with Crippen LogP contribution in [0, 0.1) is 31.3 Å². The number of benzene rings is 3. The Bertz CT molecular complexity index is 1760. The quantitative estimate of drug-likeness (QED) is 0.103. The molecule has 49 heavy (non-hydrogen) atoms. The average Bonchev–Trinajstić information content (AvgIpc) is 3.17. The Morgan fingerprint density at radius 3 is 2.27 bits per heavy atom. The van der Waals surface area contributed by atoms with Crippen molar-refractivity contribution in [2.24, 2.45) is 0 Å². The summed E-state index contributed by atoms with van der Waals surface area (Å²) >= 11 is 0. The summed E-state index contributed by atoms with van der Waals surface area (Å²) in [5.41, 5.74) is -0.0997. The van der Waals surface area contributed by atoms with Crippen LogP contribution in [0.15, 0.2) is 72.8 Å². The van der Waals surface area contributed by atoms with Crippen LogP contribution in [-0.2, 0) is 31.2 Å². The molecule has 258 valence electrons. The Balaban J connectivity index is 1.64. The lowest BCUT2D eigenvalue weighted by molar-refractivity contribution is -0.492. The number of halogens is 3. The molecule has 15 heteroatoms. The van der Waals surface area contributed by atoms with Gasteiger partial charge in [-0.05, 0) is 44.4 Å². The van der Waals surface area contributed by atoms with Gasteiger partial charge in [-0.1, -0.05) is 48.5 Å². The highest BCUT2D eigenvalue weighted by Crippen LogP contribution is 2.43. The third-order valence-corrected chi connectivity index (χ3v) is 7.87. The molecule has 0 bridgehead atoms. The molecule has 5 rings (SSSR count). The largest absolute Gasteiger partial charge is 0.463 e. The van der Waals surface area contributed by atoms with Gasteiger partial charge in [-0.2, -0.15) is 0 Å². The molecule has 0 fully saturated rings. The summed E-state index contributed by atoms with van der Waals surface area (Å²) in [5.74, 6) is -4.90. The number of esters is 1. The molecule has 0 spiro atoms. The zero-order valence-corrected chi connectivity index (χ0v) is 26.6. The molecule has 1 aliphatic heterocycles. The fraction of sp³-hybridized carbons (Fsp3) is 0.294. The van der Waals surface area contributed by atoms with E-state index in [1.807, 2.05) is 0 Å². The Morgan fingerprint density at radius 2 is 1.59 bits per heavy atom. The van der Waals surface area contributed by atoms with Crippen LogP contribution in [0.25, 0.3) is 0 Å². The molecule has 3 aromatic carbocycles. The summed E-state index contributed by atoms with van der Waals surface area (Å²) in [6.45, 7) is 2.24. The SMILES string of the molecule is Cc1cc(C)nc(O[C@H](C(=O)OCCCCON(O)O)[C@@]2(c3ccccc3)NCC(=O)N(Cc3c(F)cc(F)cc3F)c3ccccc32)n1. The van der Waals surface area contributed by atoms with Gasteiger partial charge in [0.15, 0.2) is 0 Å². The van der Waals surface area contributed by atoms with Crippen molar-refractivity contribution in [3.8, 4) is 6.01 Å². The normalized spacial score (nSPS) is 16.7. The van der Waals surface area contributed by atoms with E-state index in [4.69, 9.17) is 19.9 Å². The molecule has 1 amide bonds. The van der Waals surface area contributed by atoms with E-state index in [9.17, 15) is 22.8 Å². The van der Waals surface area contributed by atoms with Gasteiger partial charge in [0.2, 0.25) is 12.0 Å². The minimum Gasteiger partial charge on any atom is -0.463 e. The van der Waals surface area contributed by atoms with Crippen molar-refractivity contribution in [3.63, 3.8) is 0 Å². The minimum atomic E-state index is -1.68. The Hall–Kier alpha value is -4.93. The number of anilines is 1. The van der Waals surface area contributed by atoms with E-state index >= 15 is 0 Å². The highest BCUT2D eigenvalue weighted by molar-refractivity contribution is 5.97. The number of carbonyl (C=O) groups excluding carboxylic acids is 2. The lowest BCUT2D eigenvalue weighted by Crippen LogP contribution is -2.59. The van der Waals surface area contributed by atoms with Crippen LogP contribution in [-0.4, -0.2) is 63.5 Å². The number of aryl methyl sites for hydroxylation is 2. The van der Waals surface area contributed by atoms with Gasteiger partial charge in [-0.3, -0.25) is 25.4 Å². The van der Waals surface area contributed by atoms with Crippen LogP contribution in [0.5, 0.6) is 6.01 Å². The molecule has 0 unspecified atom stereocenters. The highest BCUT2D eigenvalue weighted by Gasteiger charge is 2.52. The van der Waals surface area contributed by atoms with Gasteiger partial charge in [0.05, 0.1) is 31.7 Å². The third kappa shape index (κ3) is 8.04. The Labute approximate surface area is 279 Å². The first-order valence-electron chi connectivity index (χ1n) is 15.3. The van der Waals surface area contributed by atoms with E-state index < -0.39 is 65.0 Å². The lowest BCUT2D eigenvalue weighted by atomic mass is 9.77. The first-order chi connectivity index (χ1) is 23.5. The zero-order chi connectivity index (χ0) is 35.1. The standard InChI is InChI=1S/C34H34F3N5O7/c1-21-16-22(2)40-33(39-21)49-31(32(44)47-14-8-9-15-48-42(45)46)34(23-10-4-3-5-11-23)26-12-6-7-13-29(26)41(30(43)19-38-34)20-25-27(36)17-24(35)18-28(25)37/h3-7,10-13,16-18,31,38,45-46H,8-9,14-15,19-20H2,1-2H3/t31-,34+/m1/s1. The van der Waals surface area contributed by atoms with E-state index in [0.717, 1.165) is 4.90 Å². The number of ether oxygens (including phenoxy) is 2. The topological polar surface area (TPSA) is 147 Å². The molecule has 0 saturated carbocycles. The zero-order valence-electron chi connectivity index (χ0n) is 26.6. The second-order valence-electron chi connectivity index (χ2n) is 11.3. The van der Waals surface area contributed by atoms with Crippen molar-refractivity contribution in [2.45, 2.75) is 44.9 Å². The Kier molecular flexibility index (Phi) is 11.2. The van der Waals surface area contributed by atoms with E-state index in [1.165, 1.54) is 0 Å². The van der Waals surface area contributed by atoms with Crippen molar-refractivity contribution < 1.29 is 47.5 Å². The van der Waals surface area contributed by atoms with Crippen LogP contribution < -0.4 is 15.0 Å². The predicted octanol–water partition coefficient (Wildman–Crippen LogP) is 4.67. The number of hydrogen-bond acceptors (Lipinski definition) is 11. The molecule has 2 heterocycles. The van der Waals surface area contributed by atoms with E-state index in [1.54, 1.807) is 74.5 Å². The highest BCUT2D eigenvalue weighted by atomic mass is 19.1. The van der Waals surface area contributed by atoms with Gasteiger partial charge in [0.1, 0.15) is 23.0 Å². The van der Waals surface area contributed by atoms with Crippen molar-refractivity contribution in [1.82, 2.24) is 20.7 Å². The molecule has 2 atom stereocenters. The second-order valence-corrected chi connectivity index (χ2v) is 11.3. The summed E-state index contributed by atoms with van der Waals surface area (Å²) < 4.78 is 55.6. The fourth-order valence-corrected chi connectivity index (χ4v) is 5.74. The number of nitrogens with zero attached hydrogens (tertiary/aromatic N) is 4. The van der Waals surface area contributed by atoms with Crippen LogP contribution in [0.4, 0.5) is 18.9 Å². The second kappa shape index (κ2) is 15.5. The minimum absolute atomic E-state index is 0.0725. The van der Waals surface area contributed by atoms with Gasteiger partial charge in [0, 0.05) is 40.3 Å². The first kappa shape index (κ1) is 35.4. The molecule has 0 saturated heterocycles. The molecule has 1 aromatic heterocycles. The molecular weight excluding hydrogens is 647 g/mol. The summed E-state index contributed by atoms with van der Waals surface area (Å²) in [4.78, 5) is 42.6. The fourth-order valence-electron chi connectivity index (χ4n) is 5.74. The number of carbonyl (C=O) groups is 2. The van der Waals surface area contributed by atoms with Gasteiger partial charge < -0.3 is 14.4 Å². The van der Waals surface area contributed by atoms with Gasteiger partial charge in [-0.15, -0.1) is 0 Å². The molecule has 4 aromatic rings. The van der Waals surface area contributed by atoms with Crippen LogP contribution in [0.3, 0.4) is 0 Å². The van der Waals surface area contributed by atoms with Crippen molar-refractivity contribution in [2.75, 3.05) is 24.7 Å². The third-order valence-electron chi connectivity index (χ3n) is 7.87. The predicted molar refractivity (Wildman–Crippen MR) is 167 cm³/mol. The number of amides is 1. The number of fused-ring (bicyclic) bond motifs is 1. The number of hydrogen-bond donors (Lipinski definition) is 3. The van der Waals surface area contributed by atoms with Gasteiger partial charge in [-0.25, -0.2) is 27.9 Å². The summed E-state index contributed by atoms with van der Waals surface area (Å²) in [6.07, 6.45) is -1.03. The molecule has 0 radical (unpaired) electrons. The smallest absolute Gasteiger partial charge is 0.350 e. The number of aromatic nitrogens is 2. The maximum absolute atomic E-state index is 14.9. The summed E-state index contributed by atoms with van der Waals surface area (Å²) in [6, 6.07) is 17.9. The summed E-state index contributed by atoms with van der Waals surface area (Å²) in [7, 11) is 0. The number of unbranched alkanes of at least 4 members (excludes halogenated alkanes) is 1. The van der Waals surface area contributed by atoms with Crippen molar-refractivity contribution >= 4 is 17.6 Å². The molecule has 0 aliphatic carbocycles. The molecular formula is C34H34F3N5O7. The Morgan fingerprint density at radius 1 is 0.959 bits per heavy atom. The van der Waals surface area contributed by atoms with E-state index in [0.29, 0.717) is 41.1 Å². The van der Waals surface area contributed by atoms with Crippen molar-refractivity contribution in [1.29, 1.82) is 0 Å². The summed E-state index contributed by atoms with van der Waals surface area (Å²) in [5, 5.41) is 20.3. The number of rotatable bonds is 13. The average molecular weight is 682 g/mol. The van der Waals surface area contributed by atoms with Crippen LogP contribution >= 0.6 is 0 Å². The maximum atomic E-state index is 14.9. The van der Waals surface area contributed by atoms with E-state index in [-0.39, 0.29) is 31.3 Å². The number of para-hydroxylation sites is 1. The first-order valence-corrected chi connectivity index (χ1v) is 15.3. The van der Waals surface area contributed by atoms with Crippen molar-refractivity contribution in [3.05, 3.63) is 118 Å². The van der Waals surface area contributed by atoms with Gasteiger partial charge in [0.25, 0.3) is 0 Å². The maximum Gasteiger partial charge on any atom is 0.350 e. The molecule has 12 nitrogen and oxygen atoms in total. The van der Waals surface area contributed by atoms with E-state index in [2.05, 4.69) is 20.1 Å². The van der Waals surface area contributed by atoms with Crippen LogP contribution in [0.1, 0.15) is 40.9 Å². The van der Waals surface area contributed by atoms with Gasteiger partial charge >= 0.3 is 12.0 Å². The molecule has 3 N–H and O–H groups in total. The number of nitrogens with one attached hydrogen (secondary N) is 1. The lowest BCUT2D eigenvalue weighted by Gasteiger charge is -2.40. The molecule has 1 aliphatic rings.